The topological polar surface area (TPSA) is 96.4 Å². The maximum absolute atomic E-state index is 12.4. The minimum atomic E-state index is -0.481. The number of rotatable bonds is 6. The number of hydrogen-bond acceptors (Lipinski definition) is 4. The number of carbonyl (C=O) groups excluding carboxylic acids is 2. The van der Waals surface area contributed by atoms with Crippen molar-refractivity contribution in [1.29, 1.82) is 0 Å². The molecule has 0 radical (unpaired) electrons. The first kappa shape index (κ1) is 16.1. The van der Waals surface area contributed by atoms with Crippen molar-refractivity contribution in [3.63, 3.8) is 0 Å². The van der Waals surface area contributed by atoms with E-state index in [2.05, 4.69) is 15.6 Å². The zero-order chi connectivity index (χ0) is 16.8. The predicted octanol–water partition coefficient (Wildman–Crippen LogP) is 1.67. The Morgan fingerprint density at radius 3 is 2.92 bits per heavy atom. The van der Waals surface area contributed by atoms with Gasteiger partial charge in [0.25, 0.3) is 11.8 Å². The Kier molecular flexibility index (Phi) is 5.12. The summed E-state index contributed by atoms with van der Waals surface area (Å²) in [5, 5.41) is 5.38. The molecule has 0 spiro atoms. The molecule has 3 heterocycles. The molecule has 7 heteroatoms. The second-order valence-corrected chi connectivity index (χ2v) is 5.46. The lowest BCUT2D eigenvalue weighted by molar-refractivity contribution is -0.118. The largest absolute Gasteiger partial charge is 0.459 e. The lowest BCUT2D eigenvalue weighted by atomic mass is 10.2. The van der Waals surface area contributed by atoms with E-state index in [0.717, 1.165) is 19.4 Å². The van der Waals surface area contributed by atoms with Gasteiger partial charge in [-0.2, -0.15) is 0 Å². The van der Waals surface area contributed by atoms with Gasteiger partial charge in [-0.25, -0.2) is 0 Å². The minimum Gasteiger partial charge on any atom is -0.459 e. The van der Waals surface area contributed by atoms with Crippen LogP contribution in [0.2, 0.25) is 0 Å². The van der Waals surface area contributed by atoms with Crippen molar-refractivity contribution in [3.8, 4) is 0 Å². The van der Waals surface area contributed by atoms with Crippen LogP contribution in [0.1, 0.15) is 29.1 Å². The Bertz CT molecular complexity index is 698. The van der Waals surface area contributed by atoms with Crippen molar-refractivity contribution in [1.82, 2.24) is 15.6 Å². The molecule has 1 saturated heterocycles. The van der Waals surface area contributed by atoms with Gasteiger partial charge in [-0.05, 0) is 43.2 Å². The molecule has 126 valence electrons. The highest BCUT2D eigenvalue weighted by Crippen LogP contribution is 2.11. The highest BCUT2D eigenvalue weighted by atomic mass is 16.5. The van der Waals surface area contributed by atoms with E-state index < -0.39 is 5.91 Å². The molecule has 0 aromatic carbocycles. The van der Waals surface area contributed by atoms with Crippen LogP contribution in [0.5, 0.6) is 0 Å². The zero-order valence-corrected chi connectivity index (χ0v) is 13.1. The van der Waals surface area contributed by atoms with E-state index >= 15 is 0 Å². The third-order valence-corrected chi connectivity index (χ3v) is 3.67. The van der Waals surface area contributed by atoms with E-state index in [9.17, 15) is 9.59 Å². The van der Waals surface area contributed by atoms with Crippen LogP contribution in [0, 0.1) is 0 Å². The van der Waals surface area contributed by atoms with E-state index in [-0.39, 0.29) is 23.5 Å². The number of H-pyrrole nitrogens is 1. The fourth-order valence-electron chi connectivity index (χ4n) is 2.45. The van der Waals surface area contributed by atoms with Gasteiger partial charge in [-0.15, -0.1) is 0 Å². The fourth-order valence-corrected chi connectivity index (χ4v) is 2.45. The van der Waals surface area contributed by atoms with Gasteiger partial charge in [0.05, 0.1) is 12.4 Å². The first-order chi connectivity index (χ1) is 11.7. The predicted molar refractivity (Wildman–Crippen MR) is 86.9 cm³/mol. The molecule has 0 bridgehead atoms. The Balaban J connectivity index is 1.69. The summed E-state index contributed by atoms with van der Waals surface area (Å²) in [6.45, 7) is 1.14. The van der Waals surface area contributed by atoms with Crippen LogP contribution < -0.4 is 10.6 Å². The number of nitrogens with one attached hydrogen (secondary N) is 3. The highest BCUT2D eigenvalue weighted by molar-refractivity contribution is 6.04. The summed E-state index contributed by atoms with van der Waals surface area (Å²) < 4.78 is 10.5. The summed E-state index contributed by atoms with van der Waals surface area (Å²) in [6.07, 6.45) is 6.67. The third-order valence-electron chi connectivity index (χ3n) is 3.67. The summed E-state index contributed by atoms with van der Waals surface area (Å²) in [5.74, 6) is -0.718. The smallest absolute Gasteiger partial charge is 0.291 e. The van der Waals surface area contributed by atoms with Crippen molar-refractivity contribution in [3.05, 3.63) is 53.9 Å². The van der Waals surface area contributed by atoms with Gasteiger partial charge in [0.2, 0.25) is 0 Å². The van der Waals surface area contributed by atoms with Gasteiger partial charge in [0.15, 0.2) is 5.76 Å². The number of aromatic nitrogens is 1. The SMILES string of the molecule is O=C(NC[C@@H]1CCCO1)/C(=C/c1ccc[nH]1)NC(=O)c1ccco1. The van der Waals surface area contributed by atoms with Gasteiger partial charge in [-0.3, -0.25) is 9.59 Å². The molecule has 7 nitrogen and oxygen atoms in total. The lowest BCUT2D eigenvalue weighted by Gasteiger charge is -2.13. The van der Waals surface area contributed by atoms with Crippen LogP contribution in [0.25, 0.3) is 6.08 Å². The van der Waals surface area contributed by atoms with Crippen LogP contribution in [-0.4, -0.2) is 36.1 Å². The number of aromatic amines is 1. The summed E-state index contributed by atoms with van der Waals surface area (Å²) in [6, 6.07) is 6.75. The van der Waals surface area contributed by atoms with E-state index in [4.69, 9.17) is 9.15 Å². The summed E-state index contributed by atoms with van der Waals surface area (Å²) >= 11 is 0. The Hall–Kier alpha value is -2.80. The highest BCUT2D eigenvalue weighted by Gasteiger charge is 2.20. The molecule has 2 aromatic heterocycles. The lowest BCUT2D eigenvalue weighted by Crippen LogP contribution is -2.38. The van der Waals surface area contributed by atoms with Gasteiger partial charge in [-0.1, -0.05) is 0 Å². The maximum Gasteiger partial charge on any atom is 0.291 e. The van der Waals surface area contributed by atoms with E-state index in [1.165, 1.54) is 12.3 Å². The second kappa shape index (κ2) is 7.65. The normalized spacial score (nSPS) is 17.7. The molecule has 3 N–H and O–H groups in total. The quantitative estimate of drug-likeness (QED) is 0.703. The first-order valence-electron chi connectivity index (χ1n) is 7.82. The molecule has 3 rings (SSSR count). The monoisotopic (exact) mass is 329 g/mol. The number of carbonyl (C=O) groups is 2. The van der Waals surface area contributed by atoms with Crippen LogP contribution in [0.4, 0.5) is 0 Å². The second-order valence-electron chi connectivity index (χ2n) is 5.46. The third kappa shape index (κ3) is 4.14. The van der Waals surface area contributed by atoms with Gasteiger partial charge in [0.1, 0.15) is 5.70 Å². The van der Waals surface area contributed by atoms with Crippen LogP contribution in [0.3, 0.4) is 0 Å². The van der Waals surface area contributed by atoms with Crippen LogP contribution in [-0.2, 0) is 9.53 Å². The first-order valence-corrected chi connectivity index (χ1v) is 7.82. The summed E-state index contributed by atoms with van der Waals surface area (Å²) in [5.41, 5.74) is 0.842. The van der Waals surface area contributed by atoms with Gasteiger partial charge >= 0.3 is 0 Å². The molecule has 1 fully saturated rings. The average molecular weight is 329 g/mol. The molecular formula is C17H19N3O4. The number of ether oxygens (including phenoxy) is 1. The minimum absolute atomic E-state index is 0.0291. The maximum atomic E-state index is 12.4. The van der Waals surface area contributed by atoms with E-state index in [1.54, 1.807) is 24.4 Å². The molecule has 0 aliphatic carbocycles. The van der Waals surface area contributed by atoms with Crippen LogP contribution in [0.15, 0.2) is 46.8 Å². The average Bonchev–Trinajstić information content (AvgIpc) is 3.34. The summed E-state index contributed by atoms with van der Waals surface area (Å²) in [7, 11) is 0. The zero-order valence-electron chi connectivity index (χ0n) is 13.1. The molecule has 1 atom stereocenters. The molecule has 24 heavy (non-hydrogen) atoms. The number of amides is 2. The standard InChI is InChI=1S/C17H19N3O4/c21-16(19-11-13-5-2-8-23-13)14(10-12-4-1-7-18-12)20-17(22)15-6-3-9-24-15/h1,3-4,6-7,9-10,13,18H,2,5,8,11H2,(H,19,21)(H,20,22)/b14-10-/t13-/m0/s1. The Morgan fingerprint density at radius 1 is 1.33 bits per heavy atom. The van der Waals surface area contributed by atoms with Crippen molar-refractivity contribution >= 4 is 17.9 Å². The molecule has 1 aliphatic heterocycles. The van der Waals surface area contributed by atoms with Crippen molar-refractivity contribution in [2.45, 2.75) is 18.9 Å². The molecule has 0 unspecified atom stereocenters. The van der Waals surface area contributed by atoms with Gasteiger partial charge in [0, 0.05) is 25.0 Å². The van der Waals surface area contributed by atoms with Crippen molar-refractivity contribution in [2.24, 2.45) is 0 Å². The van der Waals surface area contributed by atoms with Crippen molar-refractivity contribution in [2.75, 3.05) is 13.2 Å². The Morgan fingerprint density at radius 2 is 2.25 bits per heavy atom. The summed E-state index contributed by atoms with van der Waals surface area (Å²) in [4.78, 5) is 27.6. The molecule has 0 saturated carbocycles. The number of hydrogen-bond donors (Lipinski definition) is 3. The molecule has 2 aromatic rings. The molecular weight excluding hydrogens is 310 g/mol. The molecule has 1 aliphatic rings. The van der Waals surface area contributed by atoms with E-state index in [1.807, 2.05) is 6.07 Å². The van der Waals surface area contributed by atoms with E-state index in [0.29, 0.717) is 12.2 Å². The van der Waals surface area contributed by atoms with Crippen molar-refractivity contribution < 1.29 is 18.7 Å². The van der Waals surface area contributed by atoms with Gasteiger partial charge < -0.3 is 24.8 Å². The Labute approximate surface area is 139 Å². The van der Waals surface area contributed by atoms with Crippen LogP contribution >= 0.6 is 0 Å². The fraction of sp³-hybridized carbons (Fsp3) is 0.294. The molecule has 2 amide bonds. The number of furan rings is 1.